The lowest BCUT2D eigenvalue weighted by Gasteiger charge is -2.34. The quantitative estimate of drug-likeness (QED) is 0.528. The molecule has 14 heavy (non-hydrogen) atoms. The van der Waals surface area contributed by atoms with Crippen molar-refractivity contribution in [3.05, 3.63) is 0 Å². The van der Waals surface area contributed by atoms with Gasteiger partial charge in [-0.25, -0.2) is 10.0 Å². The first-order valence-electron chi connectivity index (χ1n) is 6.29. The summed E-state index contributed by atoms with van der Waals surface area (Å²) in [5.74, 6) is 0. The molecule has 0 heterocycles. The second kappa shape index (κ2) is 9.47. The molecule has 2 heteroatoms. The number of hydrazine groups is 1. The smallest absolute Gasteiger partial charge is 0.0130 e. The summed E-state index contributed by atoms with van der Waals surface area (Å²) < 4.78 is 0. The molecule has 0 aliphatic heterocycles. The van der Waals surface area contributed by atoms with E-state index in [9.17, 15) is 0 Å². The second-order valence-electron chi connectivity index (χ2n) is 3.91. The molecule has 0 rings (SSSR count). The van der Waals surface area contributed by atoms with E-state index in [1.807, 2.05) is 0 Å². The molecule has 0 amide bonds. The van der Waals surface area contributed by atoms with Crippen molar-refractivity contribution in [2.75, 3.05) is 26.2 Å². The summed E-state index contributed by atoms with van der Waals surface area (Å²) in [4.78, 5) is 0. The summed E-state index contributed by atoms with van der Waals surface area (Å²) in [5, 5.41) is 5.07. The fourth-order valence-electron chi connectivity index (χ4n) is 1.82. The van der Waals surface area contributed by atoms with Gasteiger partial charge in [-0.3, -0.25) is 0 Å². The molecule has 0 bridgehead atoms. The van der Waals surface area contributed by atoms with Crippen LogP contribution in [0.4, 0.5) is 0 Å². The minimum atomic E-state index is 1.22. The summed E-state index contributed by atoms with van der Waals surface area (Å²) in [6.45, 7) is 13.9. The Balaban J connectivity index is 4.06. The highest BCUT2D eigenvalue weighted by Gasteiger charge is 2.11. The van der Waals surface area contributed by atoms with Crippen LogP contribution in [0.5, 0.6) is 0 Å². The van der Waals surface area contributed by atoms with Crippen LogP contribution >= 0.6 is 0 Å². The van der Waals surface area contributed by atoms with Crippen molar-refractivity contribution in [2.45, 2.75) is 53.4 Å². The van der Waals surface area contributed by atoms with Gasteiger partial charge in [0.2, 0.25) is 0 Å². The third kappa shape index (κ3) is 5.61. The first kappa shape index (κ1) is 13.9. The SMILES string of the molecule is CCCN(CCC)N(CCC)CCC. The monoisotopic (exact) mass is 200 g/mol. The highest BCUT2D eigenvalue weighted by atomic mass is 15.6. The van der Waals surface area contributed by atoms with Crippen LogP contribution in [0.15, 0.2) is 0 Å². The second-order valence-corrected chi connectivity index (χ2v) is 3.91. The van der Waals surface area contributed by atoms with E-state index in [0.29, 0.717) is 0 Å². The van der Waals surface area contributed by atoms with Gasteiger partial charge in [-0.05, 0) is 25.7 Å². The zero-order valence-corrected chi connectivity index (χ0v) is 10.6. The van der Waals surface area contributed by atoms with Gasteiger partial charge in [0.15, 0.2) is 0 Å². The molecule has 0 fully saturated rings. The van der Waals surface area contributed by atoms with Crippen LogP contribution in [0.25, 0.3) is 0 Å². The van der Waals surface area contributed by atoms with Crippen LogP contribution in [0.2, 0.25) is 0 Å². The van der Waals surface area contributed by atoms with E-state index in [1.54, 1.807) is 0 Å². The van der Waals surface area contributed by atoms with Crippen molar-refractivity contribution in [3.63, 3.8) is 0 Å². The van der Waals surface area contributed by atoms with Gasteiger partial charge in [0.1, 0.15) is 0 Å². The molecule has 0 saturated heterocycles. The Labute approximate surface area is 90.2 Å². The number of rotatable bonds is 9. The Kier molecular flexibility index (Phi) is 9.42. The molecule has 86 valence electrons. The van der Waals surface area contributed by atoms with Crippen molar-refractivity contribution in [1.29, 1.82) is 0 Å². The lowest BCUT2D eigenvalue weighted by atomic mass is 10.3. The molecule has 0 aromatic heterocycles. The molecule has 2 nitrogen and oxygen atoms in total. The van der Waals surface area contributed by atoms with E-state index >= 15 is 0 Å². The third-order valence-electron chi connectivity index (χ3n) is 2.33. The molecule has 0 aliphatic carbocycles. The van der Waals surface area contributed by atoms with Crippen molar-refractivity contribution >= 4 is 0 Å². The van der Waals surface area contributed by atoms with Gasteiger partial charge in [-0.2, -0.15) is 0 Å². The summed E-state index contributed by atoms with van der Waals surface area (Å²) in [6.07, 6.45) is 5.02. The maximum absolute atomic E-state index is 2.53. The molecule has 0 aromatic carbocycles. The fraction of sp³-hybridized carbons (Fsp3) is 1.00. The van der Waals surface area contributed by atoms with E-state index < -0.39 is 0 Å². The predicted octanol–water partition coefficient (Wildman–Crippen LogP) is 3.15. The minimum absolute atomic E-state index is 1.22. The van der Waals surface area contributed by atoms with Crippen LogP contribution in [0.1, 0.15) is 53.4 Å². The van der Waals surface area contributed by atoms with Crippen LogP contribution in [0.3, 0.4) is 0 Å². The average molecular weight is 200 g/mol. The summed E-state index contributed by atoms with van der Waals surface area (Å²) in [5.41, 5.74) is 0. The maximum atomic E-state index is 2.53. The summed E-state index contributed by atoms with van der Waals surface area (Å²) in [7, 11) is 0. The van der Waals surface area contributed by atoms with Crippen LogP contribution < -0.4 is 0 Å². The van der Waals surface area contributed by atoms with Crippen molar-refractivity contribution in [1.82, 2.24) is 10.0 Å². The van der Waals surface area contributed by atoms with Crippen molar-refractivity contribution < 1.29 is 0 Å². The minimum Gasteiger partial charge on any atom is -0.242 e. The first-order chi connectivity index (χ1) is 6.79. The van der Waals surface area contributed by atoms with Gasteiger partial charge in [0.05, 0.1) is 0 Å². The Morgan fingerprint density at radius 2 is 0.714 bits per heavy atom. The maximum Gasteiger partial charge on any atom is 0.0130 e. The molecule has 0 radical (unpaired) electrons. The summed E-state index contributed by atoms with van der Waals surface area (Å²) in [6, 6.07) is 0. The van der Waals surface area contributed by atoms with E-state index in [-0.39, 0.29) is 0 Å². The molecule has 0 spiro atoms. The normalized spacial score (nSPS) is 11.6. The number of hydrogen-bond acceptors (Lipinski definition) is 2. The summed E-state index contributed by atoms with van der Waals surface area (Å²) >= 11 is 0. The van der Waals surface area contributed by atoms with Gasteiger partial charge in [-0.15, -0.1) is 0 Å². The highest BCUT2D eigenvalue weighted by molar-refractivity contribution is 4.56. The predicted molar refractivity (Wildman–Crippen MR) is 64.3 cm³/mol. The number of nitrogens with zero attached hydrogens (tertiary/aromatic N) is 2. The number of hydrogen-bond donors (Lipinski definition) is 0. The molecule has 0 unspecified atom stereocenters. The van der Waals surface area contributed by atoms with E-state index in [1.165, 1.54) is 51.9 Å². The molecule has 0 aliphatic rings. The molecular formula is C12H28N2. The first-order valence-corrected chi connectivity index (χ1v) is 6.29. The van der Waals surface area contributed by atoms with Crippen LogP contribution in [-0.2, 0) is 0 Å². The zero-order valence-electron chi connectivity index (χ0n) is 10.6. The van der Waals surface area contributed by atoms with Crippen molar-refractivity contribution in [2.24, 2.45) is 0 Å². The molecule has 0 saturated carbocycles. The molecule has 0 aromatic rings. The molecule has 0 N–H and O–H groups in total. The van der Waals surface area contributed by atoms with E-state index in [4.69, 9.17) is 0 Å². The standard InChI is InChI=1S/C12H28N2/c1-5-9-13(10-6-2)14(11-7-3)12-8-4/h5-12H2,1-4H3. The van der Waals surface area contributed by atoms with Gasteiger partial charge in [-0.1, -0.05) is 27.7 Å². The Morgan fingerprint density at radius 3 is 0.857 bits per heavy atom. The molecular weight excluding hydrogens is 172 g/mol. The van der Waals surface area contributed by atoms with Crippen molar-refractivity contribution in [3.8, 4) is 0 Å². The topological polar surface area (TPSA) is 6.48 Å². The van der Waals surface area contributed by atoms with Gasteiger partial charge in [0.25, 0.3) is 0 Å². The lowest BCUT2D eigenvalue weighted by molar-refractivity contribution is -0.0253. The van der Waals surface area contributed by atoms with Gasteiger partial charge >= 0.3 is 0 Å². The average Bonchev–Trinajstić information content (AvgIpc) is 2.17. The largest absolute Gasteiger partial charge is 0.242 e. The van der Waals surface area contributed by atoms with Crippen LogP contribution in [0, 0.1) is 0 Å². The molecule has 0 atom stereocenters. The Morgan fingerprint density at radius 1 is 0.500 bits per heavy atom. The van der Waals surface area contributed by atoms with E-state index in [0.717, 1.165) is 0 Å². The Hall–Kier alpha value is -0.0800. The van der Waals surface area contributed by atoms with Gasteiger partial charge in [0, 0.05) is 26.2 Å². The highest BCUT2D eigenvalue weighted by Crippen LogP contribution is 2.03. The lowest BCUT2D eigenvalue weighted by Crippen LogP contribution is -2.44. The van der Waals surface area contributed by atoms with Gasteiger partial charge < -0.3 is 0 Å². The third-order valence-corrected chi connectivity index (χ3v) is 2.33. The zero-order chi connectivity index (χ0) is 10.8. The fourth-order valence-corrected chi connectivity index (χ4v) is 1.82. The Bertz CT molecular complexity index is 88.9. The van der Waals surface area contributed by atoms with Crippen LogP contribution in [-0.4, -0.2) is 36.2 Å². The van der Waals surface area contributed by atoms with E-state index in [2.05, 4.69) is 37.7 Å².